The van der Waals surface area contributed by atoms with E-state index in [9.17, 15) is 0 Å². The van der Waals surface area contributed by atoms with Gasteiger partial charge in [-0.05, 0) is 19.9 Å². The Morgan fingerprint density at radius 2 is 1.88 bits per heavy atom. The maximum absolute atomic E-state index is 4.42. The molecule has 2 rings (SSSR count). The zero-order chi connectivity index (χ0) is 11.4. The Balaban J connectivity index is 1.91. The Kier molecular flexibility index (Phi) is 3.72. The maximum atomic E-state index is 4.42. The van der Waals surface area contributed by atoms with Crippen LogP contribution in [0.3, 0.4) is 0 Å². The van der Waals surface area contributed by atoms with Crippen molar-refractivity contribution in [2.45, 2.75) is 20.3 Å². The number of aryl methyl sites for hydroxylation is 1. The fourth-order valence-electron chi connectivity index (χ4n) is 2.07. The number of anilines is 1. The highest BCUT2D eigenvalue weighted by atomic mass is 15.3. The third kappa shape index (κ3) is 2.70. The van der Waals surface area contributed by atoms with Gasteiger partial charge in [0.2, 0.25) is 0 Å². The van der Waals surface area contributed by atoms with Crippen molar-refractivity contribution in [2.75, 3.05) is 37.6 Å². The predicted octanol–water partition coefficient (Wildman–Crippen LogP) is 1.32. The summed E-state index contributed by atoms with van der Waals surface area (Å²) < 4.78 is 0. The minimum Gasteiger partial charge on any atom is -0.353 e. The van der Waals surface area contributed by atoms with E-state index >= 15 is 0 Å². The van der Waals surface area contributed by atoms with Gasteiger partial charge in [0, 0.05) is 26.2 Å². The van der Waals surface area contributed by atoms with E-state index in [2.05, 4.69) is 26.7 Å². The largest absolute Gasteiger partial charge is 0.353 e. The van der Waals surface area contributed by atoms with E-state index in [1.165, 1.54) is 13.0 Å². The highest BCUT2D eigenvalue weighted by Gasteiger charge is 2.17. The van der Waals surface area contributed by atoms with Crippen molar-refractivity contribution < 1.29 is 0 Å². The van der Waals surface area contributed by atoms with Crippen LogP contribution in [0.15, 0.2) is 12.4 Å². The van der Waals surface area contributed by atoms with E-state index < -0.39 is 0 Å². The number of hydrogen-bond acceptors (Lipinski definition) is 4. The monoisotopic (exact) mass is 220 g/mol. The molecule has 1 fully saturated rings. The molecule has 1 saturated heterocycles. The Labute approximate surface area is 97.3 Å². The van der Waals surface area contributed by atoms with Gasteiger partial charge in [0.25, 0.3) is 0 Å². The molecule has 0 aromatic carbocycles. The van der Waals surface area contributed by atoms with Crippen molar-refractivity contribution in [3.05, 3.63) is 18.1 Å². The number of piperazine rings is 1. The smallest absolute Gasteiger partial charge is 0.147 e. The van der Waals surface area contributed by atoms with Crippen LogP contribution in [0.2, 0.25) is 0 Å². The van der Waals surface area contributed by atoms with Crippen LogP contribution >= 0.6 is 0 Å². The van der Waals surface area contributed by atoms with E-state index in [-0.39, 0.29) is 0 Å². The number of rotatable bonds is 3. The second-order valence-electron chi connectivity index (χ2n) is 4.34. The summed E-state index contributed by atoms with van der Waals surface area (Å²) in [6, 6.07) is 0. The van der Waals surface area contributed by atoms with Gasteiger partial charge in [0.05, 0.1) is 18.1 Å². The Morgan fingerprint density at radius 3 is 2.44 bits per heavy atom. The Morgan fingerprint density at radius 1 is 1.12 bits per heavy atom. The van der Waals surface area contributed by atoms with Gasteiger partial charge in [-0.15, -0.1) is 0 Å². The van der Waals surface area contributed by atoms with Gasteiger partial charge < -0.3 is 4.90 Å². The predicted molar refractivity (Wildman–Crippen MR) is 65.7 cm³/mol. The van der Waals surface area contributed by atoms with E-state index in [0.29, 0.717) is 0 Å². The Hall–Kier alpha value is -1.16. The molecular formula is C12H20N4. The summed E-state index contributed by atoms with van der Waals surface area (Å²) in [5, 5.41) is 0. The van der Waals surface area contributed by atoms with E-state index in [1.807, 2.05) is 19.3 Å². The van der Waals surface area contributed by atoms with Gasteiger partial charge in [0.15, 0.2) is 0 Å². The van der Waals surface area contributed by atoms with Crippen molar-refractivity contribution in [3.8, 4) is 0 Å². The highest BCUT2D eigenvalue weighted by molar-refractivity contribution is 5.36. The zero-order valence-corrected chi connectivity index (χ0v) is 10.2. The summed E-state index contributed by atoms with van der Waals surface area (Å²) in [5.74, 6) is 1.02. The molecule has 4 heteroatoms. The van der Waals surface area contributed by atoms with Crippen LogP contribution < -0.4 is 4.90 Å². The summed E-state index contributed by atoms with van der Waals surface area (Å²) >= 11 is 0. The topological polar surface area (TPSA) is 32.3 Å². The molecule has 0 aliphatic carbocycles. The van der Waals surface area contributed by atoms with Crippen LogP contribution in [0.1, 0.15) is 19.0 Å². The number of hydrogen-bond donors (Lipinski definition) is 0. The van der Waals surface area contributed by atoms with Crippen LogP contribution in [0.4, 0.5) is 5.82 Å². The molecular weight excluding hydrogens is 200 g/mol. The molecule has 0 radical (unpaired) electrons. The Bertz CT molecular complexity index is 314. The van der Waals surface area contributed by atoms with Crippen molar-refractivity contribution in [1.82, 2.24) is 14.9 Å². The van der Waals surface area contributed by atoms with Crippen LogP contribution in [0.5, 0.6) is 0 Å². The van der Waals surface area contributed by atoms with Crippen molar-refractivity contribution in [1.29, 1.82) is 0 Å². The second-order valence-corrected chi connectivity index (χ2v) is 4.34. The lowest BCUT2D eigenvalue weighted by Gasteiger charge is -2.35. The molecule has 0 unspecified atom stereocenters. The first-order chi connectivity index (χ1) is 7.79. The van der Waals surface area contributed by atoms with Gasteiger partial charge in [-0.1, -0.05) is 6.92 Å². The quantitative estimate of drug-likeness (QED) is 0.769. The molecule has 0 amide bonds. The van der Waals surface area contributed by atoms with Crippen molar-refractivity contribution >= 4 is 5.82 Å². The van der Waals surface area contributed by atoms with Crippen LogP contribution in [0.25, 0.3) is 0 Å². The van der Waals surface area contributed by atoms with Crippen molar-refractivity contribution in [2.24, 2.45) is 0 Å². The first kappa shape index (κ1) is 11.3. The molecule has 0 atom stereocenters. The normalized spacial score (nSPS) is 17.8. The maximum Gasteiger partial charge on any atom is 0.147 e. The third-order valence-corrected chi connectivity index (χ3v) is 3.00. The van der Waals surface area contributed by atoms with Gasteiger partial charge in [-0.3, -0.25) is 9.88 Å². The molecule has 1 aliphatic heterocycles. The molecule has 0 spiro atoms. The molecule has 2 heterocycles. The first-order valence-electron chi connectivity index (χ1n) is 6.05. The molecule has 1 aromatic heterocycles. The number of nitrogens with zero attached hydrogens (tertiary/aromatic N) is 4. The molecule has 0 saturated carbocycles. The fourth-order valence-corrected chi connectivity index (χ4v) is 2.07. The third-order valence-electron chi connectivity index (χ3n) is 3.00. The van der Waals surface area contributed by atoms with Crippen LogP contribution in [0, 0.1) is 6.92 Å². The van der Waals surface area contributed by atoms with Gasteiger partial charge >= 0.3 is 0 Å². The first-order valence-corrected chi connectivity index (χ1v) is 6.05. The van der Waals surface area contributed by atoms with Crippen LogP contribution in [-0.2, 0) is 0 Å². The average Bonchev–Trinajstić information content (AvgIpc) is 2.32. The standard InChI is InChI=1S/C12H20N4/c1-3-4-15-5-7-16(8-6-15)12-10-13-11(2)9-14-12/h9-10H,3-8H2,1-2H3. The minimum absolute atomic E-state index is 0.980. The van der Waals surface area contributed by atoms with E-state index in [0.717, 1.165) is 37.7 Å². The molecule has 0 N–H and O–H groups in total. The molecule has 16 heavy (non-hydrogen) atoms. The van der Waals surface area contributed by atoms with Gasteiger partial charge in [-0.25, -0.2) is 4.98 Å². The lowest BCUT2D eigenvalue weighted by atomic mass is 10.3. The SMILES string of the molecule is CCCN1CCN(c2cnc(C)cn2)CC1. The summed E-state index contributed by atoms with van der Waals surface area (Å²) in [7, 11) is 0. The summed E-state index contributed by atoms with van der Waals surface area (Å²) in [6.45, 7) is 9.84. The fraction of sp³-hybridized carbons (Fsp3) is 0.667. The highest BCUT2D eigenvalue weighted by Crippen LogP contribution is 2.12. The zero-order valence-electron chi connectivity index (χ0n) is 10.2. The van der Waals surface area contributed by atoms with E-state index in [1.54, 1.807) is 0 Å². The van der Waals surface area contributed by atoms with E-state index in [4.69, 9.17) is 0 Å². The van der Waals surface area contributed by atoms with Gasteiger partial charge in [-0.2, -0.15) is 0 Å². The summed E-state index contributed by atoms with van der Waals surface area (Å²) in [6.07, 6.45) is 4.96. The molecule has 1 aromatic rings. The lowest BCUT2D eigenvalue weighted by Crippen LogP contribution is -2.46. The molecule has 88 valence electrons. The molecule has 4 nitrogen and oxygen atoms in total. The van der Waals surface area contributed by atoms with Crippen molar-refractivity contribution in [3.63, 3.8) is 0 Å². The lowest BCUT2D eigenvalue weighted by molar-refractivity contribution is 0.258. The molecule has 1 aliphatic rings. The minimum atomic E-state index is 0.980. The van der Waals surface area contributed by atoms with Crippen LogP contribution in [-0.4, -0.2) is 47.6 Å². The number of aromatic nitrogens is 2. The summed E-state index contributed by atoms with van der Waals surface area (Å²) in [4.78, 5) is 13.5. The van der Waals surface area contributed by atoms with Gasteiger partial charge in [0.1, 0.15) is 5.82 Å². The summed E-state index contributed by atoms with van der Waals surface area (Å²) in [5.41, 5.74) is 0.980. The second kappa shape index (κ2) is 5.25. The molecule has 0 bridgehead atoms. The average molecular weight is 220 g/mol.